The minimum absolute atomic E-state index is 0.130. The molecular formula is C21H18N4O3S. The summed E-state index contributed by atoms with van der Waals surface area (Å²) in [5.74, 6) is -0.0644. The van der Waals surface area contributed by atoms with E-state index in [0.29, 0.717) is 17.0 Å². The fourth-order valence-corrected chi connectivity index (χ4v) is 3.52. The van der Waals surface area contributed by atoms with Gasteiger partial charge in [-0.2, -0.15) is 0 Å². The number of amides is 2. The molecule has 0 aliphatic rings. The monoisotopic (exact) mass is 406 g/mol. The fraction of sp³-hybridized carbons (Fsp3) is 0.0952. The molecule has 0 saturated carbocycles. The molecule has 2 amide bonds. The second-order valence-electron chi connectivity index (χ2n) is 6.26. The average molecular weight is 406 g/mol. The molecule has 0 radical (unpaired) electrons. The Morgan fingerprint density at radius 3 is 2.76 bits per heavy atom. The maximum absolute atomic E-state index is 12.2. The van der Waals surface area contributed by atoms with Crippen molar-refractivity contribution >= 4 is 33.8 Å². The molecule has 0 aliphatic carbocycles. The second-order valence-corrected chi connectivity index (χ2v) is 7.13. The van der Waals surface area contributed by atoms with E-state index >= 15 is 0 Å². The lowest BCUT2D eigenvalue weighted by molar-refractivity contribution is -0.115. The predicted octanol–water partition coefficient (Wildman–Crippen LogP) is 3.44. The number of rotatable bonds is 6. The first-order chi connectivity index (χ1) is 14.1. The normalized spacial score (nSPS) is 10.7. The second kappa shape index (κ2) is 8.15. The summed E-state index contributed by atoms with van der Waals surface area (Å²) < 4.78 is 7.07. The number of nitrogens with zero attached hydrogens (tertiary/aromatic N) is 2. The van der Waals surface area contributed by atoms with Crippen molar-refractivity contribution in [2.45, 2.75) is 0 Å². The van der Waals surface area contributed by atoms with Crippen molar-refractivity contribution in [1.29, 1.82) is 0 Å². The number of hydrogen-bond donors (Lipinski definition) is 2. The third kappa shape index (κ3) is 4.27. The molecule has 0 fully saturated rings. The number of ether oxygens (including phenoxy) is 1. The molecule has 2 heterocycles. The van der Waals surface area contributed by atoms with Crippen LogP contribution in [0.2, 0.25) is 0 Å². The van der Waals surface area contributed by atoms with Gasteiger partial charge in [0.1, 0.15) is 5.75 Å². The van der Waals surface area contributed by atoms with E-state index in [-0.39, 0.29) is 18.4 Å². The van der Waals surface area contributed by atoms with Gasteiger partial charge in [-0.1, -0.05) is 18.2 Å². The van der Waals surface area contributed by atoms with Crippen molar-refractivity contribution in [1.82, 2.24) is 14.7 Å². The van der Waals surface area contributed by atoms with Crippen molar-refractivity contribution < 1.29 is 14.3 Å². The summed E-state index contributed by atoms with van der Waals surface area (Å²) in [4.78, 5) is 29.8. The van der Waals surface area contributed by atoms with Gasteiger partial charge in [0.25, 0.3) is 5.91 Å². The van der Waals surface area contributed by atoms with Crippen molar-refractivity contribution in [3.8, 4) is 17.0 Å². The lowest BCUT2D eigenvalue weighted by atomic mass is 10.1. The number of hydrogen-bond acceptors (Lipinski definition) is 5. The van der Waals surface area contributed by atoms with Gasteiger partial charge in [-0.15, -0.1) is 11.3 Å². The Morgan fingerprint density at radius 1 is 1.17 bits per heavy atom. The summed E-state index contributed by atoms with van der Waals surface area (Å²) in [6, 6.07) is 14.2. The molecule has 2 N–H and O–H groups in total. The smallest absolute Gasteiger partial charge is 0.251 e. The number of carbonyl (C=O) groups is 2. The van der Waals surface area contributed by atoms with Crippen LogP contribution in [0.25, 0.3) is 16.2 Å². The highest BCUT2D eigenvalue weighted by Gasteiger charge is 2.10. The largest absolute Gasteiger partial charge is 0.497 e. The molecule has 0 bridgehead atoms. The Bertz CT molecular complexity index is 1140. The van der Waals surface area contributed by atoms with Crippen molar-refractivity contribution in [2.24, 2.45) is 0 Å². The lowest BCUT2D eigenvalue weighted by Gasteiger charge is -2.08. The third-order valence-electron chi connectivity index (χ3n) is 4.30. The van der Waals surface area contributed by atoms with Gasteiger partial charge in [-0.3, -0.25) is 14.0 Å². The minimum atomic E-state index is -0.339. The Morgan fingerprint density at radius 2 is 2.00 bits per heavy atom. The highest BCUT2D eigenvalue weighted by molar-refractivity contribution is 7.15. The molecule has 0 saturated heterocycles. The molecule has 29 heavy (non-hydrogen) atoms. The van der Waals surface area contributed by atoms with E-state index in [1.807, 2.05) is 46.4 Å². The van der Waals surface area contributed by atoms with Crippen LogP contribution in [0, 0.1) is 0 Å². The molecule has 4 rings (SSSR count). The van der Waals surface area contributed by atoms with Crippen LogP contribution < -0.4 is 15.4 Å². The first-order valence-corrected chi connectivity index (χ1v) is 9.75. The fourth-order valence-electron chi connectivity index (χ4n) is 2.82. The Kier molecular flexibility index (Phi) is 5.26. The van der Waals surface area contributed by atoms with Crippen molar-refractivity contribution in [3.05, 3.63) is 71.9 Å². The molecule has 146 valence electrons. The van der Waals surface area contributed by atoms with Crippen LogP contribution in [-0.2, 0) is 4.79 Å². The zero-order valence-corrected chi connectivity index (χ0v) is 16.4. The topological polar surface area (TPSA) is 84.7 Å². The van der Waals surface area contributed by atoms with E-state index in [2.05, 4.69) is 15.6 Å². The van der Waals surface area contributed by atoms with E-state index in [0.717, 1.165) is 16.2 Å². The van der Waals surface area contributed by atoms with Crippen LogP contribution in [0.1, 0.15) is 10.4 Å². The molecule has 0 aliphatic heterocycles. The van der Waals surface area contributed by atoms with Crippen LogP contribution in [0.15, 0.2) is 66.3 Å². The zero-order chi connectivity index (χ0) is 20.2. The quantitative estimate of drug-likeness (QED) is 0.514. The van der Waals surface area contributed by atoms with Gasteiger partial charge in [0, 0.05) is 34.6 Å². The van der Waals surface area contributed by atoms with Gasteiger partial charge in [0.2, 0.25) is 5.91 Å². The number of imidazole rings is 1. The molecule has 0 atom stereocenters. The summed E-state index contributed by atoms with van der Waals surface area (Å²) in [6.07, 6.45) is 3.93. The molecular weight excluding hydrogens is 388 g/mol. The number of aromatic nitrogens is 2. The van der Waals surface area contributed by atoms with Gasteiger partial charge >= 0.3 is 0 Å². The van der Waals surface area contributed by atoms with Gasteiger partial charge in [-0.05, 0) is 30.3 Å². The molecule has 7 nitrogen and oxygen atoms in total. The van der Waals surface area contributed by atoms with E-state index in [4.69, 9.17) is 4.74 Å². The summed E-state index contributed by atoms with van der Waals surface area (Å²) in [7, 11) is 1.53. The summed E-state index contributed by atoms with van der Waals surface area (Å²) >= 11 is 1.58. The number of methoxy groups -OCH3 is 1. The SMILES string of the molecule is COc1cccc(C(=O)NCC(=O)Nc2ccc(-c3cn4ccsc4n3)cc2)c1. The maximum Gasteiger partial charge on any atom is 0.251 e. The Balaban J connectivity index is 1.33. The van der Waals surface area contributed by atoms with Gasteiger partial charge in [0.15, 0.2) is 4.96 Å². The van der Waals surface area contributed by atoms with Gasteiger partial charge in [0.05, 0.1) is 19.3 Å². The Labute approximate surface area is 171 Å². The highest BCUT2D eigenvalue weighted by Crippen LogP contribution is 2.23. The number of anilines is 1. The Hall–Kier alpha value is -3.65. The van der Waals surface area contributed by atoms with Crippen LogP contribution >= 0.6 is 11.3 Å². The molecule has 8 heteroatoms. The average Bonchev–Trinajstić information content (AvgIpc) is 3.35. The predicted molar refractivity (Wildman–Crippen MR) is 112 cm³/mol. The molecule has 0 unspecified atom stereocenters. The zero-order valence-electron chi connectivity index (χ0n) is 15.6. The molecule has 2 aromatic heterocycles. The molecule has 2 aromatic carbocycles. The van der Waals surface area contributed by atoms with E-state index in [9.17, 15) is 9.59 Å². The third-order valence-corrected chi connectivity index (χ3v) is 5.07. The number of thiazole rings is 1. The van der Waals surface area contributed by atoms with E-state index < -0.39 is 0 Å². The molecule has 0 spiro atoms. The minimum Gasteiger partial charge on any atom is -0.497 e. The summed E-state index contributed by atoms with van der Waals surface area (Å²) in [5.41, 5.74) is 2.92. The van der Waals surface area contributed by atoms with Crippen LogP contribution in [0.4, 0.5) is 5.69 Å². The van der Waals surface area contributed by atoms with Gasteiger partial charge < -0.3 is 15.4 Å². The summed E-state index contributed by atoms with van der Waals surface area (Å²) in [6.45, 7) is -0.130. The van der Waals surface area contributed by atoms with Crippen LogP contribution in [0.3, 0.4) is 0 Å². The summed E-state index contributed by atoms with van der Waals surface area (Å²) in [5, 5.41) is 7.35. The first-order valence-electron chi connectivity index (χ1n) is 8.87. The highest BCUT2D eigenvalue weighted by atomic mass is 32.1. The van der Waals surface area contributed by atoms with E-state index in [1.54, 1.807) is 35.6 Å². The lowest BCUT2D eigenvalue weighted by Crippen LogP contribution is -2.32. The maximum atomic E-state index is 12.2. The number of fused-ring (bicyclic) bond motifs is 1. The van der Waals surface area contributed by atoms with Crippen molar-refractivity contribution in [3.63, 3.8) is 0 Å². The van der Waals surface area contributed by atoms with Crippen molar-refractivity contribution in [2.75, 3.05) is 19.0 Å². The van der Waals surface area contributed by atoms with Crippen LogP contribution in [0.5, 0.6) is 5.75 Å². The molecule has 4 aromatic rings. The number of benzene rings is 2. The van der Waals surface area contributed by atoms with Crippen LogP contribution in [-0.4, -0.2) is 34.9 Å². The standard InChI is InChI=1S/C21H18N4O3S/c1-28-17-4-2-3-15(11-17)20(27)22-12-19(26)23-16-7-5-14(6-8-16)18-13-25-9-10-29-21(25)24-18/h2-11,13H,12H2,1H3,(H,22,27)(H,23,26). The number of nitrogens with one attached hydrogen (secondary N) is 2. The number of carbonyl (C=O) groups excluding carboxylic acids is 2. The van der Waals surface area contributed by atoms with Gasteiger partial charge in [-0.25, -0.2) is 4.98 Å². The first kappa shape index (κ1) is 18.7. The van der Waals surface area contributed by atoms with E-state index in [1.165, 1.54) is 7.11 Å².